The first-order valence-corrected chi connectivity index (χ1v) is 22.1. The van der Waals surface area contributed by atoms with E-state index in [1.807, 2.05) is 6.08 Å². The summed E-state index contributed by atoms with van der Waals surface area (Å²) in [6.07, 6.45) is 48.0. The molecule has 0 amide bonds. The van der Waals surface area contributed by atoms with E-state index in [0.717, 1.165) is 57.8 Å². The molecule has 0 aromatic rings. The lowest BCUT2D eigenvalue weighted by Gasteiger charge is -2.18. The molecular formula is C43H75O8P. The summed E-state index contributed by atoms with van der Waals surface area (Å²) in [7, 11) is -4.77. The highest BCUT2D eigenvalue weighted by atomic mass is 31.2. The van der Waals surface area contributed by atoms with Crippen LogP contribution in [0.15, 0.2) is 60.8 Å². The Morgan fingerprint density at radius 1 is 0.500 bits per heavy atom. The molecule has 0 spiro atoms. The molecule has 0 unspecified atom stereocenters. The summed E-state index contributed by atoms with van der Waals surface area (Å²) in [4.78, 5) is 42.8. The van der Waals surface area contributed by atoms with Gasteiger partial charge in [-0.2, -0.15) is 0 Å². The molecule has 9 heteroatoms. The van der Waals surface area contributed by atoms with Crippen LogP contribution in [0.2, 0.25) is 0 Å². The third kappa shape index (κ3) is 40.5. The van der Waals surface area contributed by atoms with Crippen LogP contribution in [0.1, 0.15) is 181 Å². The maximum Gasteiger partial charge on any atom is 0.469 e. The van der Waals surface area contributed by atoms with E-state index in [-0.39, 0.29) is 19.4 Å². The molecule has 0 radical (unpaired) electrons. The van der Waals surface area contributed by atoms with Crippen molar-refractivity contribution in [2.24, 2.45) is 0 Å². The third-order valence-corrected chi connectivity index (χ3v) is 8.99. The van der Waals surface area contributed by atoms with Gasteiger partial charge in [-0.25, -0.2) is 4.57 Å². The normalized spacial score (nSPS) is 13.1. The van der Waals surface area contributed by atoms with E-state index < -0.39 is 32.5 Å². The number of phosphoric ester groups is 1. The average molecular weight is 751 g/mol. The van der Waals surface area contributed by atoms with Crippen molar-refractivity contribution >= 4 is 19.8 Å². The number of esters is 2. The van der Waals surface area contributed by atoms with Crippen molar-refractivity contribution in [1.82, 2.24) is 0 Å². The van der Waals surface area contributed by atoms with Gasteiger partial charge in [-0.3, -0.25) is 14.1 Å². The topological polar surface area (TPSA) is 119 Å². The summed E-state index contributed by atoms with van der Waals surface area (Å²) in [6.45, 7) is 3.60. The number of hydrogen-bond donors (Lipinski definition) is 2. The number of rotatable bonds is 37. The van der Waals surface area contributed by atoms with Gasteiger partial charge in [0.25, 0.3) is 0 Å². The van der Waals surface area contributed by atoms with Gasteiger partial charge < -0.3 is 19.3 Å². The molecule has 300 valence electrons. The third-order valence-electron chi connectivity index (χ3n) is 8.51. The molecule has 0 saturated heterocycles. The molecule has 0 aromatic heterocycles. The number of ether oxygens (including phenoxy) is 2. The van der Waals surface area contributed by atoms with Crippen LogP contribution in [0, 0.1) is 0 Å². The first kappa shape index (κ1) is 49.8. The van der Waals surface area contributed by atoms with E-state index in [1.54, 1.807) is 0 Å². The zero-order chi connectivity index (χ0) is 38.2. The monoisotopic (exact) mass is 751 g/mol. The van der Waals surface area contributed by atoms with Crippen molar-refractivity contribution < 1.29 is 37.9 Å². The molecular weight excluding hydrogens is 675 g/mol. The fourth-order valence-corrected chi connectivity index (χ4v) is 5.78. The van der Waals surface area contributed by atoms with Gasteiger partial charge in [0.05, 0.1) is 6.61 Å². The van der Waals surface area contributed by atoms with E-state index in [4.69, 9.17) is 19.3 Å². The summed E-state index contributed by atoms with van der Waals surface area (Å²) in [5.74, 6) is -0.957. The maximum absolute atomic E-state index is 12.4. The first-order valence-electron chi connectivity index (χ1n) is 20.6. The quantitative estimate of drug-likeness (QED) is 0.0279. The van der Waals surface area contributed by atoms with Gasteiger partial charge in [-0.05, 0) is 77.0 Å². The van der Waals surface area contributed by atoms with Crippen LogP contribution in [0.3, 0.4) is 0 Å². The van der Waals surface area contributed by atoms with Gasteiger partial charge in [0, 0.05) is 12.8 Å². The van der Waals surface area contributed by atoms with E-state index in [1.165, 1.54) is 83.5 Å². The molecule has 2 N–H and O–H groups in total. The molecule has 52 heavy (non-hydrogen) atoms. The summed E-state index contributed by atoms with van der Waals surface area (Å²) in [5.41, 5.74) is 0. The van der Waals surface area contributed by atoms with E-state index in [0.29, 0.717) is 12.8 Å². The van der Waals surface area contributed by atoms with Gasteiger partial charge >= 0.3 is 19.8 Å². The van der Waals surface area contributed by atoms with Crippen molar-refractivity contribution in [3.8, 4) is 0 Å². The smallest absolute Gasteiger partial charge is 0.462 e. The second kappa shape index (κ2) is 38.5. The van der Waals surface area contributed by atoms with Gasteiger partial charge in [0.15, 0.2) is 6.10 Å². The van der Waals surface area contributed by atoms with Crippen LogP contribution in [-0.2, 0) is 28.2 Å². The number of phosphoric acid groups is 1. The molecule has 0 rings (SSSR count). The van der Waals surface area contributed by atoms with E-state index in [9.17, 15) is 14.2 Å². The van der Waals surface area contributed by atoms with Crippen LogP contribution < -0.4 is 0 Å². The Kier molecular flexibility index (Phi) is 36.8. The molecule has 0 fully saturated rings. The highest BCUT2D eigenvalue weighted by Gasteiger charge is 2.22. The molecule has 0 saturated carbocycles. The summed E-state index contributed by atoms with van der Waals surface area (Å²) in [6, 6.07) is 0. The minimum absolute atomic E-state index is 0.190. The number of allylic oxidation sites excluding steroid dienone is 10. The Bertz CT molecular complexity index is 1030. The van der Waals surface area contributed by atoms with Crippen molar-refractivity contribution in [2.45, 2.75) is 187 Å². The molecule has 0 heterocycles. The fraction of sp³-hybridized carbons (Fsp3) is 0.721. The highest BCUT2D eigenvalue weighted by molar-refractivity contribution is 7.46. The lowest BCUT2D eigenvalue weighted by Crippen LogP contribution is -2.29. The Balaban J connectivity index is 4.04. The summed E-state index contributed by atoms with van der Waals surface area (Å²) < 4.78 is 26.3. The van der Waals surface area contributed by atoms with Crippen molar-refractivity contribution in [3.05, 3.63) is 60.8 Å². The molecule has 0 aromatic carbocycles. The zero-order valence-corrected chi connectivity index (χ0v) is 33.8. The van der Waals surface area contributed by atoms with Crippen molar-refractivity contribution in [3.63, 3.8) is 0 Å². The molecule has 0 aliphatic carbocycles. The van der Waals surface area contributed by atoms with Gasteiger partial charge in [-0.15, -0.1) is 0 Å². The Labute approximate surface area is 317 Å². The molecule has 0 bridgehead atoms. The zero-order valence-electron chi connectivity index (χ0n) is 32.9. The second-order valence-electron chi connectivity index (χ2n) is 13.6. The van der Waals surface area contributed by atoms with Crippen molar-refractivity contribution in [1.29, 1.82) is 0 Å². The predicted octanol–water partition coefficient (Wildman–Crippen LogP) is 12.5. The molecule has 1 atom stereocenters. The summed E-state index contributed by atoms with van der Waals surface area (Å²) >= 11 is 0. The van der Waals surface area contributed by atoms with Crippen LogP contribution in [-0.4, -0.2) is 41.0 Å². The Morgan fingerprint density at radius 2 is 0.885 bits per heavy atom. The lowest BCUT2D eigenvalue weighted by molar-refractivity contribution is -0.161. The van der Waals surface area contributed by atoms with Gasteiger partial charge in [0.1, 0.15) is 6.61 Å². The molecule has 0 aliphatic heterocycles. The van der Waals surface area contributed by atoms with Crippen LogP contribution in [0.4, 0.5) is 0 Å². The first-order chi connectivity index (χ1) is 25.3. The van der Waals surface area contributed by atoms with E-state index >= 15 is 0 Å². The van der Waals surface area contributed by atoms with Crippen LogP contribution in [0.25, 0.3) is 0 Å². The SMILES string of the molecule is CCCCC/C=C\C/C=C\CCCCCCCCCC(=O)O[C@H](COC(=O)CCC/C=C\C/C=C\C/C=C\CCCCCCCC)COP(=O)(O)O. The highest BCUT2D eigenvalue weighted by Crippen LogP contribution is 2.36. The average Bonchev–Trinajstić information content (AvgIpc) is 3.11. The minimum atomic E-state index is -4.77. The number of hydrogen-bond acceptors (Lipinski definition) is 6. The van der Waals surface area contributed by atoms with Gasteiger partial charge in [-0.1, -0.05) is 152 Å². The lowest BCUT2D eigenvalue weighted by atomic mass is 10.1. The Hall–Kier alpha value is -2.25. The van der Waals surface area contributed by atoms with Gasteiger partial charge in [0.2, 0.25) is 0 Å². The number of carbonyl (C=O) groups is 2. The second-order valence-corrected chi connectivity index (χ2v) is 14.8. The predicted molar refractivity (Wildman–Crippen MR) is 216 cm³/mol. The molecule has 8 nitrogen and oxygen atoms in total. The van der Waals surface area contributed by atoms with Crippen molar-refractivity contribution in [2.75, 3.05) is 13.2 Å². The molecule has 0 aliphatic rings. The maximum atomic E-state index is 12.4. The summed E-state index contributed by atoms with van der Waals surface area (Å²) in [5, 5.41) is 0. The Morgan fingerprint density at radius 3 is 1.38 bits per heavy atom. The fourth-order valence-electron chi connectivity index (χ4n) is 5.42. The largest absolute Gasteiger partial charge is 0.469 e. The van der Waals surface area contributed by atoms with Crippen LogP contribution >= 0.6 is 7.82 Å². The standard InChI is InChI=1S/C43H75O8P/c1-3-5-7-9-11-13-15-17-19-21-23-25-27-29-31-33-35-37-42(44)49-39-41(40-50-52(46,47)48)51-43(45)38-36-34-32-30-28-26-24-22-20-18-16-14-12-10-8-6-4-2/h12,14,17-20,23,25,29,31,41H,3-11,13,15-16,21-22,24,26-28,30,32-40H2,1-2H3,(H2,46,47,48)/b14-12-,19-17-,20-18-,25-23-,31-29-/t41-/m1/s1. The minimum Gasteiger partial charge on any atom is -0.462 e. The number of unbranched alkanes of at least 4 members (excludes halogenated alkanes) is 17. The van der Waals surface area contributed by atoms with E-state index in [2.05, 4.69) is 73.1 Å². The number of carbonyl (C=O) groups excluding carboxylic acids is 2. The van der Waals surface area contributed by atoms with Crippen LogP contribution in [0.5, 0.6) is 0 Å².